The molecular formula is C7H6F3NO2. The van der Waals surface area contributed by atoms with Crippen LogP contribution in [0, 0.1) is 0 Å². The molecule has 1 heterocycles. The Bertz CT molecular complexity index is 316. The Labute approximate surface area is 71.5 Å². The zero-order valence-electron chi connectivity index (χ0n) is 6.61. The minimum absolute atomic E-state index is 0.505. The fourth-order valence-electron chi connectivity index (χ4n) is 0.842. The van der Waals surface area contributed by atoms with Gasteiger partial charge in [-0.25, -0.2) is 0 Å². The largest absolute Gasteiger partial charge is 0.459 e. The number of carbonyl (C=O) groups excluding carboxylic acids is 1. The number of halogens is 3. The molecule has 0 saturated heterocycles. The van der Waals surface area contributed by atoms with E-state index in [4.69, 9.17) is 0 Å². The van der Waals surface area contributed by atoms with Crippen molar-refractivity contribution >= 4 is 5.91 Å². The van der Waals surface area contributed by atoms with Gasteiger partial charge in [0.25, 0.3) is 5.91 Å². The van der Waals surface area contributed by atoms with Gasteiger partial charge in [0.15, 0.2) is 0 Å². The predicted molar refractivity (Wildman–Crippen MR) is 37.1 cm³/mol. The molecule has 0 aromatic carbocycles. The minimum atomic E-state index is -4.63. The zero-order valence-corrected chi connectivity index (χ0v) is 6.61. The Hall–Kier alpha value is -1.46. The number of amides is 1. The number of hydrogen-bond donors (Lipinski definition) is 1. The first-order valence-corrected chi connectivity index (χ1v) is 3.33. The van der Waals surface area contributed by atoms with Gasteiger partial charge < -0.3 is 9.73 Å². The Morgan fingerprint density at radius 2 is 2.15 bits per heavy atom. The van der Waals surface area contributed by atoms with Crippen molar-refractivity contribution in [3.8, 4) is 0 Å². The molecule has 0 aliphatic carbocycles. The molecule has 1 aromatic heterocycles. The van der Waals surface area contributed by atoms with Crippen LogP contribution in [-0.4, -0.2) is 13.0 Å². The van der Waals surface area contributed by atoms with Gasteiger partial charge in [0.1, 0.15) is 0 Å². The molecule has 0 atom stereocenters. The number of rotatable bonds is 1. The molecule has 0 unspecified atom stereocenters. The van der Waals surface area contributed by atoms with Gasteiger partial charge in [0.2, 0.25) is 5.76 Å². The first-order valence-electron chi connectivity index (χ1n) is 3.33. The Morgan fingerprint density at radius 3 is 2.62 bits per heavy atom. The molecule has 3 nitrogen and oxygen atoms in total. The Kier molecular flexibility index (Phi) is 2.31. The zero-order chi connectivity index (χ0) is 10.1. The molecule has 0 spiro atoms. The van der Waals surface area contributed by atoms with E-state index in [2.05, 4.69) is 9.73 Å². The van der Waals surface area contributed by atoms with Crippen LogP contribution in [-0.2, 0) is 6.18 Å². The van der Waals surface area contributed by atoms with Crippen molar-refractivity contribution in [2.75, 3.05) is 7.05 Å². The first-order chi connectivity index (χ1) is 5.96. The summed E-state index contributed by atoms with van der Waals surface area (Å²) in [5, 5.41) is 2.08. The second kappa shape index (κ2) is 3.12. The molecule has 0 aliphatic rings. The third-order valence-electron chi connectivity index (χ3n) is 1.39. The van der Waals surface area contributed by atoms with Gasteiger partial charge in [-0.2, -0.15) is 13.2 Å². The summed E-state index contributed by atoms with van der Waals surface area (Å²) in [4.78, 5) is 10.9. The van der Waals surface area contributed by atoms with Crippen LogP contribution < -0.4 is 5.32 Å². The van der Waals surface area contributed by atoms with E-state index in [9.17, 15) is 18.0 Å². The summed E-state index contributed by atoms with van der Waals surface area (Å²) in [5.41, 5.74) is -0.505. The monoisotopic (exact) mass is 193 g/mol. The van der Waals surface area contributed by atoms with Gasteiger partial charge in [-0.05, 0) is 6.07 Å². The molecular weight excluding hydrogens is 187 g/mol. The first kappa shape index (κ1) is 9.63. The summed E-state index contributed by atoms with van der Waals surface area (Å²) in [6, 6.07) is 0.974. The summed E-state index contributed by atoms with van der Waals surface area (Å²) >= 11 is 0. The smallest absolute Gasteiger partial charge is 0.450 e. The number of alkyl halides is 3. The number of furan rings is 1. The van der Waals surface area contributed by atoms with E-state index in [1.54, 1.807) is 0 Å². The van der Waals surface area contributed by atoms with Crippen LogP contribution in [0.1, 0.15) is 16.1 Å². The molecule has 1 aromatic rings. The average Bonchev–Trinajstić information content (AvgIpc) is 2.49. The van der Waals surface area contributed by atoms with Gasteiger partial charge in [-0.3, -0.25) is 4.79 Å². The fraction of sp³-hybridized carbons (Fsp3) is 0.286. The lowest BCUT2D eigenvalue weighted by molar-refractivity contribution is -0.153. The maximum Gasteiger partial charge on any atom is 0.450 e. The number of hydrogen-bond acceptors (Lipinski definition) is 2. The molecule has 0 saturated carbocycles. The highest BCUT2D eigenvalue weighted by Crippen LogP contribution is 2.32. The molecule has 13 heavy (non-hydrogen) atoms. The van der Waals surface area contributed by atoms with E-state index >= 15 is 0 Å². The Morgan fingerprint density at radius 1 is 1.54 bits per heavy atom. The van der Waals surface area contributed by atoms with Crippen LogP contribution >= 0.6 is 0 Å². The third-order valence-corrected chi connectivity index (χ3v) is 1.39. The third kappa shape index (κ3) is 1.82. The highest BCUT2D eigenvalue weighted by molar-refractivity contribution is 5.95. The Balaban J connectivity index is 3.10. The SMILES string of the molecule is CNC(=O)c1ccoc1C(F)(F)F. The molecule has 0 bridgehead atoms. The maximum absolute atomic E-state index is 12.1. The van der Waals surface area contributed by atoms with E-state index in [1.807, 2.05) is 0 Å². The average molecular weight is 193 g/mol. The molecule has 1 rings (SSSR count). The van der Waals surface area contributed by atoms with Gasteiger partial charge in [0, 0.05) is 7.05 Å². The van der Waals surface area contributed by atoms with Crippen molar-refractivity contribution in [1.82, 2.24) is 5.32 Å². The topological polar surface area (TPSA) is 42.2 Å². The van der Waals surface area contributed by atoms with Crippen LogP contribution in [0.4, 0.5) is 13.2 Å². The summed E-state index contributed by atoms with van der Waals surface area (Å²) in [6.45, 7) is 0. The molecule has 0 fully saturated rings. The van der Waals surface area contributed by atoms with Crippen LogP contribution in [0.25, 0.3) is 0 Å². The highest BCUT2D eigenvalue weighted by atomic mass is 19.4. The standard InChI is InChI=1S/C7H6F3NO2/c1-11-6(12)4-2-3-13-5(4)7(8,9)10/h2-3H,1H3,(H,11,12). The van der Waals surface area contributed by atoms with Gasteiger partial charge in [0.05, 0.1) is 11.8 Å². The van der Waals surface area contributed by atoms with Crippen LogP contribution in [0.15, 0.2) is 16.7 Å². The molecule has 0 aliphatic heterocycles. The molecule has 1 amide bonds. The number of carbonyl (C=O) groups is 1. The highest BCUT2D eigenvalue weighted by Gasteiger charge is 2.38. The lowest BCUT2D eigenvalue weighted by Crippen LogP contribution is -2.21. The van der Waals surface area contributed by atoms with Gasteiger partial charge >= 0.3 is 6.18 Å². The summed E-state index contributed by atoms with van der Waals surface area (Å²) in [7, 11) is 1.25. The normalized spacial score (nSPS) is 11.4. The lowest BCUT2D eigenvalue weighted by atomic mass is 10.2. The number of nitrogens with one attached hydrogen (secondary N) is 1. The summed E-state index contributed by atoms with van der Waals surface area (Å²) in [5.74, 6) is -2.09. The fourth-order valence-corrected chi connectivity index (χ4v) is 0.842. The molecule has 6 heteroatoms. The maximum atomic E-state index is 12.1. The minimum Gasteiger partial charge on any atom is -0.459 e. The van der Waals surface area contributed by atoms with Crippen molar-refractivity contribution in [2.45, 2.75) is 6.18 Å². The van der Waals surface area contributed by atoms with Gasteiger partial charge in [-0.1, -0.05) is 0 Å². The lowest BCUT2D eigenvalue weighted by Gasteiger charge is -2.04. The van der Waals surface area contributed by atoms with Crippen molar-refractivity contribution in [3.05, 3.63) is 23.7 Å². The van der Waals surface area contributed by atoms with E-state index < -0.39 is 23.4 Å². The summed E-state index contributed by atoms with van der Waals surface area (Å²) in [6.07, 6.45) is -3.81. The second-order valence-electron chi connectivity index (χ2n) is 2.24. The molecule has 72 valence electrons. The predicted octanol–water partition coefficient (Wildman–Crippen LogP) is 1.66. The van der Waals surface area contributed by atoms with E-state index in [-0.39, 0.29) is 0 Å². The molecule has 0 radical (unpaired) electrons. The van der Waals surface area contributed by atoms with Crippen LogP contribution in [0.2, 0.25) is 0 Å². The van der Waals surface area contributed by atoms with E-state index in [0.29, 0.717) is 0 Å². The molecule has 1 N–H and O–H groups in total. The van der Waals surface area contributed by atoms with Crippen LogP contribution in [0.5, 0.6) is 0 Å². The quantitative estimate of drug-likeness (QED) is 0.736. The van der Waals surface area contributed by atoms with Crippen LogP contribution in [0.3, 0.4) is 0 Å². The second-order valence-corrected chi connectivity index (χ2v) is 2.24. The van der Waals surface area contributed by atoms with Gasteiger partial charge in [-0.15, -0.1) is 0 Å². The van der Waals surface area contributed by atoms with Crippen molar-refractivity contribution < 1.29 is 22.4 Å². The van der Waals surface area contributed by atoms with E-state index in [1.165, 1.54) is 7.05 Å². The van der Waals surface area contributed by atoms with Crippen molar-refractivity contribution in [3.63, 3.8) is 0 Å². The van der Waals surface area contributed by atoms with E-state index in [0.717, 1.165) is 12.3 Å². The van der Waals surface area contributed by atoms with Crippen molar-refractivity contribution in [2.24, 2.45) is 0 Å². The van der Waals surface area contributed by atoms with Crippen molar-refractivity contribution in [1.29, 1.82) is 0 Å². The summed E-state index contributed by atoms with van der Waals surface area (Å²) < 4.78 is 40.5.